The first kappa shape index (κ1) is 34.8. The fourth-order valence-electron chi connectivity index (χ4n) is 6.01. The van der Waals surface area contributed by atoms with E-state index in [9.17, 15) is 9.90 Å². The van der Waals surface area contributed by atoms with Crippen LogP contribution in [0.1, 0.15) is 78.5 Å². The first-order valence-electron chi connectivity index (χ1n) is 15.6. The molecule has 5 rings (SSSR count). The number of pyridine rings is 2. The summed E-state index contributed by atoms with van der Waals surface area (Å²) in [4.78, 5) is 21.6. The summed E-state index contributed by atoms with van der Waals surface area (Å²) in [6, 6.07) is 18.8. The Morgan fingerprint density at radius 1 is 0.977 bits per heavy atom. The Labute approximate surface area is 272 Å². The van der Waals surface area contributed by atoms with Crippen LogP contribution in [0.4, 0.5) is 0 Å². The second kappa shape index (κ2) is 14.0. The summed E-state index contributed by atoms with van der Waals surface area (Å²) in [5, 5.41) is 14.9. The average molecular weight is 772 g/mol. The van der Waals surface area contributed by atoms with Crippen molar-refractivity contribution < 1.29 is 30.0 Å². The van der Waals surface area contributed by atoms with Crippen LogP contribution >= 0.6 is 0 Å². The summed E-state index contributed by atoms with van der Waals surface area (Å²) in [7, 11) is -1.44. The van der Waals surface area contributed by atoms with E-state index in [1.165, 1.54) is 27.6 Å². The number of allylic oxidation sites excluding steroid dienone is 2. The molecule has 6 heteroatoms. The van der Waals surface area contributed by atoms with Crippen LogP contribution in [-0.4, -0.2) is 28.9 Å². The van der Waals surface area contributed by atoms with Gasteiger partial charge in [0.2, 0.25) is 0 Å². The van der Waals surface area contributed by atoms with Crippen LogP contribution in [0.2, 0.25) is 19.6 Å². The maximum Gasteiger partial charge on any atom is 0.162 e. The number of para-hydroxylation sites is 1. The van der Waals surface area contributed by atoms with Gasteiger partial charge in [0.25, 0.3) is 0 Å². The van der Waals surface area contributed by atoms with Gasteiger partial charge in [0, 0.05) is 55.3 Å². The normalized spacial score (nSPS) is 13.9. The molecule has 0 spiro atoms. The molecule has 4 aromatic rings. The van der Waals surface area contributed by atoms with Crippen molar-refractivity contribution in [3.05, 3.63) is 77.8 Å². The molecule has 0 atom stereocenters. The predicted molar refractivity (Wildman–Crippen MR) is 180 cm³/mol. The third kappa shape index (κ3) is 7.03. The zero-order chi connectivity index (χ0) is 30.8. The molecular weight excluding hydrogens is 725 g/mol. The molecule has 2 heterocycles. The molecule has 0 bridgehead atoms. The van der Waals surface area contributed by atoms with Gasteiger partial charge in [0.05, 0.1) is 13.8 Å². The van der Waals surface area contributed by atoms with Crippen LogP contribution in [0, 0.1) is 17.9 Å². The number of nitrogens with zero attached hydrogens (tertiary/aromatic N) is 2. The molecule has 0 amide bonds. The molecule has 0 aliphatic heterocycles. The smallest absolute Gasteiger partial charge is 0.162 e. The third-order valence-corrected chi connectivity index (χ3v) is 11.0. The van der Waals surface area contributed by atoms with E-state index < -0.39 is 8.07 Å². The van der Waals surface area contributed by atoms with Gasteiger partial charge in [-0.1, -0.05) is 108 Å². The number of carbonyl (C=O) groups is 1. The van der Waals surface area contributed by atoms with Gasteiger partial charge in [-0.25, -0.2) is 0 Å². The van der Waals surface area contributed by atoms with Crippen molar-refractivity contribution in [1.29, 1.82) is 0 Å². The van der Waals surface area contributed by atoms with Gasteiger partial charge in [0.15, 0.2) is 5.78 Å². The number of hydrogen-bond donors (Lipinski definition) is 1. The quantitative estimate of drug-likeness (QED) is 0.0840. The number of hydrogen-bond acceptors (Lipinski definition) is 4. The van der Waals surface area contributed by atoms with Crippen LogP contribution < -0.4 is 5.19 Å². The van der Waals surface area contributed by atoms with E-state index in [-0.39, 0.29) is 48.9 Å². The Morgan fingerprint density at radius 3 is 2.21 bits per heavy atom. The number of rotatable bonds is 8. The summed E-state index contributed by atoms with van der Waals surface area (Å²) in [5.41, 5.74) is 5.33. The fraction of sp³-hybridized carbons (Fsp3) is 0.432. The van der Waals surface area contributed by atoms with Crippen LogP contribution in [0.25, 0.3) is 32.9 Å². The van der Waals surface area contributed by atoms with Crippen molar-refractivity contribution in [1.82, 2.24) is 9.97 Å². The number of aliphatic hydroxyl groups is 1. The van der Waals surface area contributed by atoms with Gasteiger partial charge in [-0.2, -0.15) is 0 Å². The molecular formula is C37H47IrN2O2Si-. The largest absolute Gasteiger partial charge is 0.512 e. The first-order chi connectivity index (χ1) is 19.9. The van der Waals surface area contributed by atoms with Crippen LogP contribution in [0.3, 0.4) is 0 Å². The van der Waals surface area contributed by atoms with Gasteiger partial charge < -0.3 is 10.1 Å². The molecule has 1 aliphatic rings. The minimum absolute atomic E-state index is 0. The van der Waals surface area contributed by atoms with Crippen molar-refractivity contribution in [2.45, 2.75) is 92.3 Å². The monoisotopic (exact) mass is 772 g/mol. The zero-order valence-corrected chi connectivity index (χ0v) is 30.7. The number of fused-ring (bicyclic) bond motifs is 3. The summed E-state index contributed by atoms with van der Waals surface area (Å²) < 4.78 is 0. The molecule has 231 valence electrons. The van der Waals surface area contributed by atoms with E-state index in [1.807, 2.05) is 46.0 Å². The Hall–Kier alpha value is -2.66. The molecule has 0 unspecified atom stereocenters. The number of ketones is 1. The van der Waals surface area contributed by atoms with Gasteiger partial charge in [-0.05, 0) is 59.3 Å². The van der Waals surface area contributed by atoms with Crippen LogP contribution in [0.5, 0.6) is 0 Å². The fourth-order valence-corrected chi connectivity index (χ4v) is 7.18. The van der Waals surface area contributed by atoms with Gasteiger partial charge in [-0.3, -0.25) is 9.78 Å². The van der Waals surface area contributed by atoms with Crippen LogP contribution in [0.15, 0.2) is 60.5 Å². The van der Waals surface area contributed by atoms with Gasteiger partial charge in [-0.15, -0.1) is 12.1 Å². The minimum Gasteiger partial charge on any atom is -0.512 e. The van der Waals surface area contributed by atoms with Gasteiger partial charge >= 0.3 is 0 Å². The molecule has 2 aromatic carbocycles. The Morgan fingerprint density at radius 2 is 1.60 bits per heavy atom. The van der Waals surface area contributed by atoms with E-state index in [1.54, 1.807) is 0 Å². The maximum atomic E-state index is 11.7. The van der Waals surface area contributed by atoms with E-state index >= 15 is 0 Å². The number of benzene rings is 2. The molecule has 0 saturated carbocycles. The molecule has 0 fully saturated rings. The second-order valence-electron chi connectivity index (χ2n) is 13.1. The van der Waals surface area contributed by atoms with E-state index in [0.717, 1.165) is 53.5 Å². The predicted octanol–water partition coefficient (Wildman–Crippen LogP) is 9.30. The Balaban J connectivity index is 0.000000274. The van der Waals surface area contributed by atoms with Crippen molar-refractivity contribution >= 4 is 40.7 Å². The van der Waals surface area contributed by atoms with E-state index in [2.05, 4.69) is 69.9 Å². The summed E-state index contributed by atoms with van der Waals surface area (Å²) in [6.07, 6.45) is 6.84. The standard InChI is InChI=1S/C24H23N2Si.C13H24O2.Ir/c1-24(2)19-14-17(27(3,4)5)12-16-10-11-25-22(21(16)19)18-13-15-8-6-7-9-20(15)26-23(18)24;1-5-10(6-2)12(14)9-13(15)11(7-3)8-4;/h6-12,14H,1-5H3;9-11,14H,5-8H2,1-4H3;/q-1;;/b;12-9-;. The number of aromatic nitrogens is 2. The van der Waals surface area contributed by atoms with E-state index in [0.29, 0.717) is 0 Å². The molecule has 4 nitrogen and oxygen atoms in total. The summed E-state index contributed by atoms with van der Waals surface area (Å²) in [5.74, 6) is 0.547. The van der Waals surface area contributed by atoms with Crippen molar-refractivity contribution in [3.8, 4) is 11.3 Å². The summed E-state index contributed by atoms with van der Waals surface area (Å²) in [6.45, 7) is 19.9. The topological polar surface area (TPSA) is 63.1 Å². The average Bonchev–Trinajstić information content (AvgIpc) is 2.96. The molecule has 2 aromatic heterocycles. The minimum atomic E-state index is -1.44. The molecule has 1 aliphatic carbocycles. The Bertz CT molecular complexity index is 1630. The van der Waals surface area contributed by atoms with Crippen molar-refractivity contribution in [2.24, 2.45) is 11.8 Å². The second-order valence-corrected chi connectivity index (χ2v) is 18.2. The number of carbonyl (C=O) groups excluding carboxylic acids is 1. The first-order valence-corrected chi connectivity index (χ1v) is 19.1. The number of aliphatic hydroxyl groups excluding tert-OH is 1. The molecule has 1 radical (unpaired) electrons. The van der Waals surface area contributed by atoms with Gasteiger partial charge in [0.1, 0.15) is 0 Å². The Kier molecular flexibility index (Phi) is 11.3. The molecule has 1 N–H and O–H groups in total. The zero-order valence-electron chi connectivity index (χ0n) is 27.3. The van der Waals surface area contributed by atoms with Crippen LogP contribution in [-0.2, 0) is 30.3 Å². The SMILES string of the molecule is CC1(C)c2nc3ccccc3[c-]c2-c2nccc3cc([Si](C)(C)C)cc1c23.CCC(CC)C(=O)/C=C(\O)C(CC)CC.[Ir]. The van der Waals surface area contributed by atoms with Crippen molar-refractivity contribution in [2.75, 3.05) is 0 Å². The third-order valence-electron chi connectivity index (χ3n) is 8.95. The molecule has 43 heavy (non-hydrogen) atoms. The van der Waals surface area contributed by atoms with E-state index in [4.69, 9.17) is 9.97 Å². The maximum absolute atomic E-state index is 11.7. The summed E-state index contributed by atoms with van der Waals surface area (Å²) >= 11 is 0. The molecule has 0 saturated heterocycles. The van der Waals surface area contributed by atoms with Crippen molar-refractivity contribution in [3.63, 3.8) is 0 Å².